The van der Waals surface area contributed by atoms with Gasteiger partial charge in [-0.25, -0.2) is 4.79 Å². The Morgan fingerprint density at radius 3 is 2.35 bits per heavy atom. The average Bonchev–Trinajstić information content (AvgIpc) is 2.98. The van der Waals surface area contributed by atoms with Gasteiger partial charge in [0.1, 0.15) is 5.60 Å². The number of amides is 1. The fraction of sp³-hybridized carbons (Fsp3) is 0.632. The molecule has 2 aliphatic rings. The Morgan fingerprint density at radius 2 is 1.87 bits per heavy atom. The lowest BCUT2D eigenvalue weighted by molar-refractivity contribution is 0.0419. The largest absolute Gasteiger partial charge is 0.444 e. The predicted octanol–water partition coefficient (Wildman–Crippen LogP) is 3.88. The van der Waals surface area contributed by atoms with Gasteiger partial charge in [-0.1, -0.05) is 30.3 Å². The van der Waals surface area contributed by atoms with Crippen LogP contribution in [0.1, 0.15) is 58.1 Å². The van der Waals surface area contributed by atoms with Gasteiger partial charge in [-0.2, -0.15) is 0 Å². The predicted molar refractivity (Wildman–Crippen MR) is 91.3 cm³/mol. The van der Waals surface area contributed by atoms with Gasteiger partial charge in [0.15, 0.2) is 0 Å². The summed E-state index contributed by atoms with van der Waals surface area (Å²) in [5.41, 5.74) is 0.693. The zero-order valence-electron chi connectivity index (χ0n) is 14.6. The SMILES string of the molecule is CN1C2CCC1([C@@H](NC(=O)OC(C)(C)C)c1ccccc1)CC2. The van der Waals surface area contributed by atoms with Gasteiger partial charge in [0.25, 0.3) is 0 Å². The molecule has 2 fully saturated rings. The van der Waals surface area contributed by atoms with E-state index >= 15 is 0 Å². The topological polar surface area (TPSA) is 41.6 Å². The lowest BCUT2D eigenvalue weighted by atomic mass is 9.78. The van der Waals surface area contributed by atoms with E-state index in [2.05, 4.69) is 29.4 Å². The lowest BCUT2D eigenvalue weighted by Gasteiger charge is -2.41. The normalized spacial score (nSPS) is 28.6. The van der Waals surface area contributed by atoms with Crippen molar-refractivity contribution in [1.82, 2.24) is 10.2 Å². The number of benzene rings is 1. The van der Waals surface area contributed by atoms with Crippen LogP contribution in [-0.2, 0) is 4.74 Å². The summed E-state index contributed by atoms with van der Waals surface area (Å²) >= 11 is 0. The molecule has 0 radical (unpaired) electrons. The maximum atomic E-state index is 12.4. The number of nitrogens with one attached hydrogen (secondary N) is 1. The second kappa shape index (κ2) is 5.82. The Kier molecular flexibility index (Phi) is 4.13. The van der Waals surface area contributed by atoms with E-state index in [-0.39, 0.29) is 17.7 Å². The van der Waals surface area contributed by atoms with Crippen LogP contribution < -0.4 is 5.32 Å². The minimum absolute atomic E-state index is 0.0168. The molecule has 0 aliphatic carbocycles. The van der Waals surface area contributed by atoms with Gasteiger partial charge in [0, 0.05) is 11.6 Å². The minimum atomic E-state index is -0.483. The van der Waals surface area contributed by atoms with Crippen LogP contribution in [-0.4, -0.2) is 35.2 Å². The summed E-state index contributed by atoms with van der Waals surface area (Å²) < 4.78 is 5.52. The molecule has 0 unspecified atom stereocenters. The van der Waals surface area contributed by atoms with Crippen LogP contribution in [0.2, 0.25) is 0 Å². The molecule has 4 nitrogen and oxygen atoms in total. The molecule has 0 aromatic heterocycles. The van der Waals surface area contributed by atoms with Gasteiger partial charge in [0.05, 0.1) is 6.04 Å². The zero-order valence-corrected chi connectivity index (χ0v) is 14.6. The molecule has 2 aliphatic heterocycles. The fourth-order valence-electron chi connectivity index (χ4n) is 4.30. The Bertz CT molecular complexity index is 556. The molecule has 23 heavy (non-hydrogen) atoms. The average molecular weight is 316 g/mol. The molecule has 1 N–H and O–H groups in total. The summed E-state index contributed by atoms with van der Waals surface area (Å²) in [7, 11) is 2.21. The Hall–Kier alpha value is -1.55. The Balaban J connectivity index is 1.88. The molecule has 0 saturated carbocycles. The minimum Gasteiger partial charge on any atom is -0.444 e. The molecule has 1 atom stereocenters. The summed E-state index contributed by atoms with van der Waals surface area (Å²) in [6.45, 7) is 5.70. The number of carbonyl (C=O) groups is 1. The number of ether oxygens (including phenoxy) is 1. The molecule has 2 heterocycles. The highest BCUT2D eigenvalue weighted by atomic mass is 16.6. The zero-order chi connectivity index (χ0) is 16.7. The first-order valence-corrected chi connectivity index (χ1v) is 8.59. The number of carbonyl (C=O) groups excluding carboxylic acids is 1. The lowest BCUT2D eigenvalue weighted by Crippen LogP contribution is -2.51. The smallest absolute Gasteiger partial charge is 0.408 e. The van der Waals surface area contributed by atoms with Crippen molar-refractivity contribution in [2.24, 2.45) is 0 Å². The summed E-state index contributed by atoms with van der Waals surface area (Å²) in [4.78, 5) is 14.9. The standard InChI is InChI=1S/C19H28N2O2/c1-18(2,3)23-17(22)20-16(14-8-6-5-7-9-14)19-12-10-15(11-13-19)21(19)4/h5-9,15-16H,10-13H2,1-4H3,(H,20,22)/t15?,16-,19?/m0/s1. The van der Waals surface area contributed by atoms with E-state index in [9.17, 15) is 4.79 Å². The second-order valence-corrected chi connectivity index (χ2v) is 7.94. The first-order chi connectivity index (χ1) is 10.8. The Labute approximate surface area is 139 Å². The fourth-order valence-corrected chi connectivity index (χ4v) is 4.30. The third-order valence-corrected chi connectivity index (χ3v) is 5.40. The first kappa shape index (κ1) is 16.3. The van der Waals surface area contributed by atoms with Crippen molar-refractivity contribution in [2.45, 2.75) is 69.7 Å². The molecule has 4 heteroatoms. The number of nitrogens with zero attached hydrogens (tertiary/aromatic N) is 1. The molecule has 1 amide bonds. The van der Waals surface area contributed by atoms with Crippen molar-refractivity contribution in [2.75, 3.05) is 7.05 Å². The van der Waals surface area contributed by atoms with Gasteiger partial charge >= 0.3 is 6.09 Å². The van der Waals surface area contributed by atoms with Crippen LogP contribution in [0.25, 0.3) is 0 Å². The number of likely N-dealkylation sites (N-methyl/N-ethyl adjacent to an activating group) is 1. The number of rotatable bonds is 3. The van der Waals surface area contributed by atoms with Gasteiger partial charge in [0.2, 0.25) is 0 Å². The van der Waals surface area contributed by atoms with Crippen LogP contribution in [0.4, 0.5) is 4.79 Å². The molecular formula is C19H28N2O2. The van der Waals surface area contributed by atoms with E-state index in [4.69, 9.17) is 4.74 Å². The molecule has 3 rings (SSSR count). The highest BCUT2D eigenvalue weighted by Crippen LogP contribution is 2.51. The monoisotopic (exact) mass is 316 g/mol. The number of alkyl carbamates (subject to hydrolysis) is 1. The molecule has 126 valence electrons. The summed E-state index contributed by atoms with van der Waals surface area (Å²) in [6.07, 6.45) is 4.36. The van der Waals surface area contributed by atoms with E-state index in [1.807, 2.05) is 39.0 Å². The number of hydrogen-bond acceptors (Lipinski definition) is 3. The third kappa shape index (κ3) is 3.09. The van der Waals surface area contributed by atoms with E-state index in [1.165, 1.54) is 12.8 Å². The molecule has 2 saturated heterocycles. The molecule has 0 spiro atoms. The molecule has 1 aromatic rings. The first-order valence-electron chi connectivity index (χ1n) is 8.59. The number of hydrogen-bond donors (Lipinski definition) is 1. The van der Waals surface area contributed by atoms with Crippen LogP contribution >= 0.6 is 0 Å². The van der Waals surface area contributed by atoms with Gasteiger partial charge in [-0.05, 0) is 59.1 Å². The quantitative estimate of drug-likeness (QED) is 0.920. The van der Waals surface area contributed by atoms with Crippen LogP contribution in [0.15, 0.2) is 30.3 Å². The van der Waals surface area contributed by atoms with Crippen molar-refractivity contribution in [1.29, 1.82) is 0 Å². The van der Waals surface area contributed by atoms with Crippen molar-refractivity contribution >= 4 is 6.09 Å². The maximum Gasteiger partial charge on any atom is 0.408 e. The molecular weight excluding hydrogens is 288 g/mol. The third-order valence-electron chi connectivity index (χ3n) is 5.40. The second-order valence-electron chi connectivity index (χ2n) is 7.94. The van der Waals surface area contributed by atoms with Crippen molar-refractivity contribution in [3.05, 3.63) is 35.9 Å². The van der Waals surface area contributed by atoms with Crippen molar-refractivity contribution in [3.8, 4) is 0 Å². The van der Waals surface area contributed by atoms with E-state index in [0.29, 0.717) is 6.04 Å². The highest BCUT2D eigenvalue weighted by Gasteiger charge is 2.54. The summed E-state index contributed by atoms with van der Waals surface area (Å²) in [6, 6.07) is 10.9. The van der Waals surface area contributed by atoms with Gasteiger partial charge in [-0.15, -0.1) is 0 Å². The Morgan fingerprint density at radius 1 is 1.26 bits per heavy atom. The van der Waals surface area contributed by atoms with E-state index in [0.717, 1.165) is 18.4 Å². The molecule has 2 bridgehead atoms. The molecule has 1 aromatic carbocycles. The van der Waals surface area contributed by atoms with Crippen LogP contribution in [0.3, 0.4) is 0 Å². The summed E-state index contributed by atoms with van der Waals surface area (Å²) in [5, 5.41) is 3.18. The van der Waals surface area contributed by atoms with E-state index in [1.54, 1.807) is 0 Å². The number of fused-ring (bicyclic) bond motifs is 2. The van der Waals surface area contributed by atoms with Gasteiger partial charge in [-0.3, -0.25) is 4.90 Å². The maximum absolute atomic E-state index is 12.4. The van der Waals surface area contributed by atoms with Crippen LogP contribution in [0.5, 0.6) is 0 Å². The van der Waals surface area contributed by atoms with Crippen LogP contribution in [0, 0.1) is 0 Å². The van der Waals surface area contributed by atoms with E-state index < -0.39 is 5.60 Å². The van der Waals surface area contributed by atoms with Gasteiger partial charge < -0.3 is 10.1 Å². The summed E-state index contributed by atoms with van der Waals surface area (Å²) in [5.74, 6) is 0. The highest BCUT2D eigenvalue weighted by molar-refractivity contribution is 5.68. The van der Waals surface area contributed by atoms with Crippen molar-refractivity contribution < 1.29 is 9.53 Å². The van der Waals surface area contributed by atoms with Crippen molar-refractivity contribution in [3.63, 3.8) is 0 Å².